The Balaban J connectivity index is 0. The van der Waals surface area contributed by atoms with Crippen LogP contribution in [0.15, 0.2) is 0 Å². The van der Waals surface area contributed by atoms with Gasteiger partial charge in [-0.15, -0.1) is 0 Å². The van der Waals surface area contributed by atoms with Gasteiger partial charge in [0.05, 0.1) is 19.8 Å². The van der Waals surface area contributed by atoms with E-state index in [-0.39, 0.29) is 70.6 Å². The second-order valence-corrected chi connectivity index (χ2v) is 3.01. The first-order valence-corrected chi connectivity index (χ1v) is 5.15. The van der Waals surface area contributed by atoms with Crippen LogP contribution in [-0.4, -0.2) is 88.9 Å². The first-order valence-electron chi connectivity index (χ1n) is 5.15. The van der Waals surface area contributed by atoms with Crippen LogP contribution in [0.4, 0.5) is 0 Å². The third-order valence-corrected chi connectivity index (χ3v) is 1.71. The van der Waals surface area contributed by atoms with Crippen LogP contribution in [0.1, 0.15) is 32.6 Å². The molecule has 0 aliphatic carbocycles. The van der Waals surface area contributed by atoms with Gasteiger partial charge in [-0.05, 0) is 6.42 Å². The summed E-state index contributed by atoms with van der Waals surface area (Å²) in [5.41, 5.74) is 0. The summed E-state index contributed by atoms with van der Waals surface area (Å²) in [5, 5.41) is 8.39. The van der Waals surface area contributed by atoms with Crippen molar-refractivity contribution < 1.29 is 19.4 Å². The van der Waals surface area contributed by atoms with Crippen LogP contribution < -0.4 is 0 Å². The van der Waals surface area contributed by atoms with Crippen LogP contribution >= 0.6 is 0 Å². The second-order valence-electron chi connectivity index (χ2n) is 3.01. The van der Waals surface area contributed by atoms with Crippen molar-refractivity contribution in [3.8, 4) is 0 Å². The van der Waals surface area contributed by atoms with Crippen molar-refractivity contribution in [2.24, 2.45) is 0 Å². The van der Waals surface area contributed by atoms with Gasteiger partial charge in [0.15, 0.2) is 0 Å². The molecule has 1 N–H and O–H groups in total. The Labute approximate surface area is 134 Å². The van der Waals surface area contributed by atoms with E-state index in [1.54, 1.807) is 0 Å². The van der Waals surface area contributed by atoms with E-state index in [4.69, 9.17) is 14.6 Å². The van der Waals surface area contributed by atoms with Crippen molar-refractivity contribution in [1.82, 2.24) is 0 Å². The molecule has 0 radical (unpaired) electrons. The van der Waals surface area contributed by atoms with Crippen LogP contribution in [0.25, 0.3) is 0 Å². The summed E-state index contributed by atoms with van der Waals surface area (Å²) in [5.74, 6) is -0.161. The zero-order valence-electron chi connectivity index (χ0n) is 8.83. The third-order valence-electron chi connectivity index (χ3n) is 1.71. The summed E-state index contributed by atoms with van der Waals surface area (Å²) < 4.78 is 9.82. The van der Waals surface area contributed by atoms with E-state index in [0.717, 1.165) is 19.3 Å². The summed E-state index contributed by atoms with van der Waals surface area (Å²) in [4.78, 5) is 11.0. The van der Waals surface area contributed by atoms with E-state index in [2.05, 4.69) is 6.92 Å². The first-order chi connectivity index (χ1) is 6.81. The van der Waals surface area contributed by atoms with Gasteiger partial charge < -0.3 is 14.6 Å². The number of aliphatic hydroxyl groups excluding tert-OH is 1. The summed E-state index contributed by atoms with van der Waals surface area (Å²) >= 11 is 0. The predicted octanol–water partition coefficient (Wildman–Crippen LogP) is 0.470. The van der Waals surface area contributed by atoms with Gasteiger partial charge in [-0.2, -0.15) is 0 Å². The van der Waals surface area contributed by atoms with E-state index < -0.39 is 0 Å². The van der Waals surface area contributed by atoms with E-state index >= 15 is 0 Å². The molecule has 0 aromatic heterocycles. The molecule has 0 rings (SSSR count). The molecule has 0 amide bonds. The van der Waals surface area contributed by atoms with Crippen molar-refractivity contribution in [3.63, 3.8) is 0 Å². The Kier molecular flexibility index (Phi) is 18.4. The molecule has 0 unspecified atom stereocenters. The van der Waals surface area contributed by atoms with Crippen molar-refractivity contribution >= 4 is 57.4 Å². The number of aliphatic hydroxyl groups is 1. The zero-order chi connectivity index (χ0) is 10.6. The zero-order valence-corrected chi connectivity index (χ0v) is 8.83. The van der Waals surface area contributed by atoms with Gasteiger partial charge in [-0.25, -0.2) is 0 Å². The van der Waals surface area contributed by atoms with E-state index in [0.29, 0.717) is 19.6 Å². The topological polar surface area (TPSA) is 55.8 Å². The van der Waals surface area contributed by atoms with E-state index in [1.165, 1.54) is 0 Å². The van der Waals surface area contributed by atoms with E-state index in [9.17, 15) is 4.79 Å². The molecule has 0 aromatic rings. The van der Waals surface area contributed by atoms with E-state index in [1.807, 2.05) is 0 Å². The van der Waals surface area contributed by atoms with Gasteiger partial charge in [0.25, 0.3) is 0 Å². The molecule has 0 spiro atoms. The normalized spacial score (nSPS) is 9.47. The number of hydrogen-bond donors (Lipinski definition) is 1. The molecule has 0 atom stereocenters. The summed E-state index contributed by atoms with van der Waals surface area (Å²) in [6.45, 7) is 3.04. The maximum atomic E-state index is 11.0. The van der Waals surface area contributed by atoms with Crippen molar-refractivity contribution in [3.05, 3.63) is 0 Å². The molecule has 0 aliphatic heterocycles. The number of ether oxygens (including phenoxy) is 2. The molecule has 86 valence electrons. The quantitative estimate of drug-likeness (QED) is 0.364. The molecule has 15 heavy (non-hydrogen) atoms. The first kappa shape index (κ1) is 18.4. The molecule has 4 nitrogen and oxygen atoms in total. The van der Waals surface area contributed by atoms with Crippen LogP contribution in [-0.2, 0) is 14.3 Å². The van der Waals surface area contributed by atoms with Crippen LogP contribution in [0, 0.1) is 0 Å². The second kappa shape index (κ2) is 15.0. The maximum absolute atomic E-state index is 11.0. The summed E-state index contributed by atoms with van der Waals surface area (Å²) in [6, 6.07) is 0. The Morgan fingerprint density at radius 3 is 2.53 bits per heavy atom. The molecule has 0 heterocycles. The van der Waals surface area contributed by atoms with Crippen LogP contribution in [0.2, 0.25) is 0 Å². The average molecular weight is 244 g/mol. The average Bonchev–Trinajstić information content (AvgIpc) is 2.18. The van der Waals surface area contributed by atoms with Gasteiger partial charge in [-0.3, -0.25) is 4.79 Å². The van der Waals surface area contributed by atoms with Gasteiger partial charge in [-0.1, -0.05) is 19.8 Å². The van der Waals surface area contributed by atoms with Crippen molar-refractivity contribution in [1.29, 1.82) is 0 Å². The molecule has 0 aromatic carbocycles. The van der Waals surface area contributed by atoms with Gasteiger partial charge in [0, 0.05) is 6.42 Å². The number of hydrogen-bond acceptors (Lipinski definition) is 4. The van der Waals surface area contributed by atoms with Crippen molar-refractivity contribution in [2.45, 2.75) is 32.6 Å². The fourth-order valence-electron chi connectivity index (χ4n) is 0.973. The number of carbonyl (C=O) groups is 1. The predicted molar refractivity (Wildman–Crippen MR) is 60.2 cm³/mol. The minimum absolute atomic E-state index is 0. The molecular formula is C10H21KO4. The van der Waals surface area contributed by atoms with Gasteiger partial charge in [0.1, 0.15) is 6.61 Å². The van der Waals surface area contributed by atoms with Gasteiger partial charge >= 0.3 is 57.4 Å². The summed E-state index contributed by atoms with van der Waals surface area (Å²) in [7, 11) is 0. The number of rotatable bonds is 9. The van der Waals surface area contributed by atoms with Crippen LogP contribution in [0.5, 0.6) is 0 Å². The number of carbonyl (C=O) groups excluding carboxylic acids is 1. The molecule has 5 heteroatoms. The monoisotopic (exact) mass is 244 g/mol. The molecule has 0 saturated heterocycles. The molecule has 0 saturated carbocycles. The SMILES string of the molecule is CCCCCC(=O)OCCOCCO.[KH]. The van der Waals surface area contributed by atoms with Crippen molar-refractivity contribution in [2.75, 3.05) is 26.4 Å². The Bertz CT molecular complexity index is 141. The number of unbranched alkanes of at least 4 members (excludes halogenated alkanes) is 2. The van der Waals surface area contributed by atoms with Gasteiger partial charge in [0.2, 0.25) is 0 Å². The molecule has 0 fully saturated rings. The molecular weight excluding hydrogens is 223 g/mol. The fraction of sp³-hybridized carbons (Fsp3) is 0.900. The minimum atomic E-state index is -0.161. The number of esters is 1. The Morgan fingerprint density at radius 1 is 1.20 bits per heavy atom. The standard InChI is InChI=1S/C10H20O4.K.H/c1-2-3-4-5-10(12)14-9-8-13-7-6-11;;/h11H,2-9H2,1H3;;. The third kappa shape index (κ3) is 15.0. The molecule has 0 aliphatic rings. The van der Waals surface area contributed by atoms with Crippen LogP contribution in [0.3, 0.4) is 0 Å². The Hall–Kier alpha value is 1.03. The summed E-state index contributed by atoms with van der Waals surface area (Å²) in [6.07, 6.45) is 3.56. The molecule has 0 bridgehead atoms. The fourth-order valence-corrected chi connectivity index (χ4v) is 0.973. The Morgan fingerprint density at radius 2 is 1.93 bits per heavy atom.